The maximum atomic E-state index is 5.54. The number of thiocarbonyl (C=S) groups is 1. The predicted octanol–water partition coefficient (Wildman–Crippen LogP) is 5.24. The Hall–Kier alpha value is -3.19. The second-order valence-electron chi connectivity index (χ2n) is 7.73. The summed E-state index contributed by atoms with van der Waals surface area (Å²) in [5, 5.41) is 7.44. The molecular formula is C23H24N6S. The fraction of sp³-hybridized carbons (Fsp3) is 0.261. The Morgan fingerprint density at radius 3 is 2.17 bits per heavy atom. The molecule has 152 valence electrons. The van der Waals surface area contributed by atoms with Crippen molar-refractivity contribution in [1.82, 2.24) is 25.3 Å². The fourth-order valence-electron chi connectivity index (χ4n) is 4.06. The summed E-state index contributed by atoms with van der Waals surface area (Å²) < 4.78 is 0. The Morgan fingerprint density at radius 1 is 0.867 bits per heavy atom. The number of aromatic amines is 2. The zero-order valence-corrected chi connectivity index (χ0v) is 17.4. The molecule has 0 unspecified atom stereocenters. The topological polar surface area (TPSA) is 81.4 Å². The molecule has 0 aliphatic heterocycles. The minimum absolute atomic E-state index is 0.474. The van der Waals surface area contributed by atoms with Crippen LogP contribution in [0.4, 0.5) is 5.69 Å². The van der Waals surface area contributed by atoms with Gasteiger partial charge in [-0.3, -0.25) is 0 Å². The van der Waals surface area contributed by atoms with Crippen LogP contribution < -0.4 is 10.6 Å². The van der Waals surface area contributed by atoms with Crippen molar-refractivity contribution in [3.8, 4) is 22.8 Å². The molecule has 1 aromatic carbocycles. The largest absolute Gasteiger partial charge is 0.360 e. The molecule has 3 aromatic heterocycles. The van der Waals surface area contributed by atoms with E-state index >= 15 is 0 Å². The van der Waals surface area contributed by atoms with Gasteiger partial charge < -0.3 is 20.6 Å². The van der Waals surface area contributed by atoms with Gasteiger partial charge in [-0.1, -0.05) is 19.3 Å². The summed E-state index contributed by atoms with van der Waals surface area (Å²) in [5.74, 6) is 0. The van der Waals surface area contributed by atoms with E-state index in [1.807, 2.05) is 54.9 Å². The molecule has 1 aliphatic carbocycles. The molecule has 6 nitrogen and oxygen atoms in total. The van der Waals surface area contributed by atoms with Crippen LogP contribution in [0, 0.1) is 0 Å². The third kappa shape index (κ3) is 3.93. The van der Waals surface area contributed by atoms with E-state index in [1.165, 1.54) is 32.1 Å². The Morgan fingerprint density at radius 2 is 1.53 bits per heavy atom. The molecular weight excluding hydrogens is 392 g/mol. The Bertz CT molecular complexity index is 1140. The van der Waals surface area contributed by atoms with E-state index in [4.69, 9.17) is 22.2 Å². The van der Waals surface area contributed by atoms with E-state index in [0.717, 1.165) is 39.5 Å². The standard InChI is InChI=1S/C23H24N6S/c30-23(26-15-6-2-1-3-7-15)27-16-10-11-17-20(14-16)29-22(19-9-5-13-25-19)21(28-17)18-8-4-12-24-18/h4-5,8-15,24-25H,1-3,6-7H2,(H2,26,27,30). The number of aromatic nitrogens is 4. The highest BCUT2D eigenvalue weighted by molar-refractivity contribution is 7.80. The average Bonchev–Trinajstić information content (AvgIpc) is 3.48. The van der Waals surface area contributed by atoms with Crippen LogP contribution in [0.3, 0.4) is 0 Å². The van der Waals surface area contributed by atoms with Crippen LogP contribution >= 0.6 is 12.2 Å². The van der Waals surface area contributed by atoms with Crippen molar-refractivity contribution in [3.05, 3.63) is 54.9 Å². The smallest absolute Gasteiger partial charge is 0.170 e. The molecule has 1 fully saturated rings. The SMILES string of the molecule is S=C(Nc1ccc2nc(-c3ccc[nH]3)c(-c3ccc[nH]3)nc2c1)NC1CCCCC1. The highest BCUT2D eigenvalue weighted by atomic mass is 32.1. The number of benzene rings is 1. The van der Waals surface area contributed by atoms with E-state index in [-0.39, 0.29) is 0 Å². The third-order valence-electron chi connectivity index (χ3n) is 5.57. The van der Waals surface area contributed by atoms with E-state index in [1.54, 1.807) is 0 Å². The van der Waals surface area contributed by atoms with Gasteiger partial charge in [0.2, 0.25) is 0 Å². The molecule has 7 heteroatoms. The van der Waals surface area contributed by atoms with E-state index in [2.05, 4.69) is 20.6 Å². The maximum Gasteiger partial charge on any atom is 0.170 e. The van der Waals surface area contributed by atoms with Gasteiger partial charge in [0.1, 0.15) is 11.4 Å². The highest BCUT2D eigenvalue weighted by Gasteiger charge is 2.16. The van der Waals surface area contributed by atoms with Gasteiger partial charge in [-0.2, -0.15) is 0 Å². The van der Waals surface area contributed by atoms with Crippen LogP contribution in [0.15, 0.2) is 54.9 Å². The van der Waals surface area contributed by atoms with Gasteiger partial charge in [-0.15, -0.1) is 0 Å². The third-order valence-corrected chi connectivity index (χ3v) is 5.79. The maximum absolute atomic E-state index is 5.54. The lowest BCUT2D eigenvalue weighted by Gasteiger charge is -2.24. The molecule has 4 aromatic rings. The zero-order chi connectivity index (χ0) is 20.3. The second kappa shape index (κ2) is 8.28. The van der Waals surface area contributed by atoms with Crippen LogP contribution in [-0.4, -0.2) is 31.1 Å². The van der Waals surface area contributed by atoms with Crippen molar-refractivity contribution in [3.63, 3.8) is 0 Å². The first-order chi connectivity index (χ1) is 14.8. The molecule has 0 saturated heterocycles. The summed E-state index contributed by atoms with van der Waals surface area (Å²) in [6.07, 6.45) is 10.0. The van der Waals surface area contributed by atoms with Gasteiger partial charge in [-0.05, 0) is 67.5 Å². The number of anilines is 1. The normalized spacial score (nSPS) is 14.7. The molecule has 30 heavy (non-hydrogen) atoms. The van der Waals surface area contributed by atoms with Crippen molar-refractivity contribution in [2.45, 2.75) is 38.1 Å². The number of H-pyrrole nitrogens is 2. The second-order valence-corrected chi connectivity index (χ2v) is 8.13. The minimum Gasteiger partial charge on any atom is -0.360 e. The molecule has 0 spiro atoms. The summed E-state index contributed by atoms with van der Waals surface area (Å²) in [7, 11) is 0. The zero-order valence-electron chi connectivity index (χ0n) is 16.6. The molecule has 1 saturated carbocycles. The van der Waals surface area contributed by atoms with Crippen LogP contribution in [-0.2, 0) is 0 Å². The molecule has 3 heterocycles. The van der Waals surface area contributed by atoms with Crippen LogP contribution in [0.1, 0.15) is 32.1 Å². The van der Waals surface area contributed by atoms with E-state index in [0.29, 0.717) is 11.2 Å². The number of hydrogen-bond donors (Lipinski definition) is 4. The molecule has 0 atom stereocenters. The first kappa shape index (κ1) is 18.8. The Kier molecular flexibility index (Phi) is 5.19. The Labute approximate surface area is 180 Å². The molecule has 1 aliphatic rings. The van der Waals surface area contributed by atoms with Crippen molar-refractivity contribution >= 4 is 34.1 Å². The summed E-state index contributed by atoms with van der Waals surface area (Å²) in [4.78, 5) is 16.3. The molecule has 0 bridgehead atoms. The first-order valence-corrected chi connectivity index (χ1v) is 10.8. The lowest BCUT2D eigenvalue weighted by atomic mass is 9.96. The minimum atomic E-state index is 0.474. The van der Waals surface area contributed by atoms with Crippen molar-refractivity contribution < 1.29 is 0 Å². The summed E-state index contributed by atoms with van der Waals surface area (Å²) in [6, 6.07) is 14.4. The summed E-state index contributed by atoms with van der Waals surface area (Å²) in [6.45, 7) is 0. The summed E-state index contributed by atoms with van der Waals surface area (Å²) >= 11 is 5.54. The van der Waals surface area contributed by atoms with Crippen molar-refractivity contribution in [2.24, 2.45) is 0 Å². The van der Waals surface area contributed by atoms with Gasteiger partial charge in [0.15, 0.2) is 5.11 Å². The molecule has 5 rings (SSSR count). The lowest BCUT2D eigenvalue weighted by molar-refractivity contribution is 0.415. The first-order valence-electron chi connectivity index (χ1n) is 10.4. The van der Waals surface area contributed by atoms with E-state index < -0.39 is 0 Å². The van der Waals surface area contributed by atoms with Gasteiger partial charge in [0.05, 0.1) is 22.4 Å². The van der Waals surface area contributed by atoms with Gasteiger partial charge in [0, 0.05) is 24.1 Å². The Balaban J connectivity index is 1.45. The lowest BCUT2D eigenvalue weighted by Crippen LogP contribution is -2.38. The highest BCUT2D eigenvalue weighted by Crippen LogP contribution is 2.30. The summed E-state index contributed by atoms with van der Waals surface area (Å²) in [5.41, 5.74) is 6.08. The number of rotatable bonds is 4. The van der Waals surface area contributed by atoms with E-state index in [9.17, 15) is 0 Å². The average molecular weight is 417 g/mol. The number of nitrogens with zero attached hydrogens (tertiary/aromatic N) is 2. The number of nitrogens with one attached hydrogen (secondary N) is 4. The van der Waals surface area contributed by atoms with Crippen LogP contribution in [0.25, 0.3) is 33.8 Å². The molecule has 0 amide bonds. The van der Waals surface area contributed by atoms with Crippen molar-refractivity contribution in [2.75, 3.05) is 5.32 Å². The quantitative estimate of drug-likeness (QED) is 0.342. The fourth-order valence-corrected chi connectivity index (χ4v) is 4.35. The van der Waals surface area contributed by atoms with Crippen LogP contribution in [0.5, 0.6) is 0 Å². The van der Waals surface area contributed by atoms with Crippen LogP contribution in [0.2, 0.25) is 0 Å². The van der Waals surface area contributed by atoms with Gasteiger partial charge in [-0.25, -0.2) is 9.97 Å². The molecule has 0 radical (unpaired) electrons. The van der Waals surface area contributed by atoms with Crippen molar-refractivity contribution in [1.29, 1.82) is 0 Å². The van der Waals surface area contributed by atoms with Gasteiger partial charge in [0.25, 0.3) is 0 Å². The predicted molar refractivity (Wildman–Crippen MR) is 125 cm³/mol. The monoisotopic (exact) mass is 416 g/mol. The number of fused-ring (bicyclic) bond motifs is 1. The van der Waals surface area contributed by atoms with Gasteiger partial charge >= 0.3 is 0 Å². The molecule has 4 N–H and O–H groups in total. The number of hydrogen-bond acceptors (Lipinski definition) is 3.